The van der Waals surface area contributed by atoms with E-state index in [0.29, 0.717) is 11.0 Å². The van der Waals surface area contributed by atoms with Crippen LogP contribution < -0.4 is 0 Å². The second kappa shape index (κ2) is 3.61. The van der Waals surface area contributed by atoms with Gasteiger partial charge in [0.1, 0.15) is 6.54 Å². The number of aromatic nitrogens is 2. The fraction of sp³-hybridized carbons (Fsp3) is 0.200. The van der Waals surface area contributed by atoms with E-state index < -0.39 is 9.84 Å². The average Bonchev–Trinajstić information content (AvgIpc) is 2.58. The highest BCUT2D eigenvalue weighted by Gasteiger charge is 2.18. The van der Waals surface area contributed by atoms with E-state index in [1.165, 1.54) is 4.57 Å². The summed E-state index contributed by atoms with van der Waals surface area (Å²) in [6.45, 7) is -0.0249. The largest absolute Gasteiger partial charge is 0.301 e. The van der Waals surface area contributed by atoms with E-state index in [2.05, 4.69) is 4.98 Å². The molecule has 0 radical (unpaired) electrons. The Labute approximate surface area is 92.9 Å². The van der Waals surface area contributed by atoms with Crippen LogP contribution in [-0.2, 0) is 16.4 Å². The zero-order valence-corrected chi connectivity index (χ0v) is 9.40. The normalized spacial score (nSPS) is 11.5. The molecule has 0 N–H and O–H groups in total. The van der Waals surface area contributed by atoms with Crippen molar-refractivity contribution in [2.45, 2.75) is 11.7 Å². The van der Waals surface area contributed by atoms with Gasteiger partial charge in [-0.1, -0.05) is 12.1 Å². The van der Waals surface area contributed by atoms with E-state index >= 15 is 0 Å². The summed E-state index contributed by atoms with van der Waals surface area (Å²) in [4.78, 5) is 4.03. The number of hydrogen-bond acceptors (Lipinski definition) is 4. The molecule has 82 valence electrons. The van der Waals surface area contributed by atoms with Gasteiger partial charge in [-0.2, -0.15) is 5.26 Å². The molecule has 0 spiro atoms. The Hall–Kier alpha value is -1.87. The molecule has 0 atom stereocenters. The molecule has 0 unspecified atom stereocenters. The summed E-state index contributed by atoms with van der Waals surface area (Å²) < 4.78 is 24.4. The molecule has 0 aliphatic carbocycles. The summed E-state index contributed by atoms with van der Waals surface area (Å²) in [5.41, 5.74) is 1.24. The first-order valence-electron chi connectivity index (χ1n) is 4.56. The monoisotopic (exact) mass is 235 g/mol. The van der Waals surface area contributed by atoms with Crippen LogP contribution in [0.2, 0.25) is 0 Å². The van der Waals surface area contributed by atoms with Gasteiger partial charge in [-0.05, 0) is 12.1 Å². The third-order valence-electron chi connectivity index (χ3n) is 2.18. The fourth-order valence-electron chi connectivity index (χ4n) is 1.56. The van der Waals surface area contributed by atoms with Crippen molar-refractivity contribution in [2.75, 3.05) is 6.26 Å². The molecule has 2 aromatic rings. The van der Waals surface area contributed by atoms with Crippen LogP contribution >= 0.6 is 0 Å². The zero-order valence-electron chi connectivity index (χ0n) is 8.58. The molecule has 1 heterocycles. The molecule has 5 nitrogen and oxygen atoms in total. The summed E-state index contributed by atoms with van der Waals surface area (Å²) in [6.07, 6.45) is 1.09. The number of hydrogen-bond donors (Lipinski definition) is 0. The van der Waals surface area contributed by atoms with Crippen LogP contribution in [0.5, 0.6) is 0 Å². The van der Waals surface area contributed by atoms with Gasteiger partial charge in [-0.3, -0.25) is 0 Å². The smallest absolute Gasteiger partial charge is 0.229 e. The number of nitrogens with zero attached hydrogens (tertiary/aromatic N) is 3. The first-order valence-corrected chi connectivity index (χ1v) is 6.45. The van der Waals surface area contributed by atoms with Gasteiger partial charge in [0, 0.05) is 6.26 Å². The Morgan fingerprint density at radius 1 is 1.44 bits per heavy atom. The lowest BCUT2D eigenvalue weighted by molar-refractivity contribution is 0.583. The molecule has 6 heteroatoms. The van der Waals surface area contributed by atoms with Crippen LogP contribution in [0.3, 0.4) is 0 Å². The lowest BCUT2D eigenvalue weighted by Crippen LogP contribution is -2.08. The Morgan fingerprint density at radius 3 is 2.75 bits per heavy atom. The van der Waals surface area contributed by atoms with Crippen molar-refractivity contribution in [3.8, 4) is 6.07 Å². The Morgan fingerprint density at radius 2 is 2.12 bits per heavy atom. The van der Waals surface area contributed by atoms with Gasteiger partial charge in [0.2, 0.25) is 15.0 Å². The maximum absolute atomic E-state index is 11.5. The SMILES string of the molecule is CS(=O)(=O)c1nc2ccccc2n1CC#N. The quantitative estimate of drug-likeness (QED) is 0.777. The van der Waals surface area contributed by atoms with Crippen molar-refractivity contribution >= 4 is 20.9 Å². The van der Waals surface area contributed by atoms with Crippen LogP contribution in [0.4, 0.5) is 0 Å². The minimum absolute atomic E-state index is 0.0249. The molecule has 0 amide bonds. The number of nitriles is 1. The van der Waals surface area contributed by atoms with Gasteiger partial charge in [0.25, 0.3) is 0 Å². The lowest BCUT2D eigenvalue weighted by atomic mass is 10.3. The van der Waals surface area contributed by atoms with Crippen molar-refractivity contribution in [1.82, 2.24) is 9.55 Å². The van der Waals surface area contributed by atoms with Crippen LogP contribution in [0.1, 0.15) is 0 Å². The molecule has 1 aromatic heterocycles. The van der Waals surface area contributed by atoms with Crippen molar-refractivity contribution in [3.63, 3.8) is 0 Å². The third-order valence-corrected chi connectivity index (χ3v) is 3.15. The maximum atomic E-state index is 11.5. The Kier molecular flexibility index (Phi) is 2.40. The van der Waals surface area contributed by atoms with E-state index in [-0.39, 0.29) is 11.7 Å². The summed E-state index contributed by atoms with van der Waals surface area (Å²) in [5.74, 6) is 0. The van der Waals surface area contributed by atoms with Crippen molar-refractivity contribution in [2.24, 2.45) is 0 Å². The molecule has 2 rings (SSSR count). The topological polar surface area (TPSA) is 75.8 Å². The second-order valence-corrected chi connectivity index (χ2v) is 5.31. The molecule has 0 aliphatic heterocycles. The summed E-state index contributed by atoms with van der Waals surface area (Å²) in [5, 5.41) is 8.63. The summed E-state index contributed by atoms with van der Waals surface area (Å²) in [7, 11) is -3.42. The molecule has 0 saturated heterocycles. The van der Waals surface area contributed by atoms with Crippen LogP contribution in [-0.4, -0.2) is 24.2 Å². The number of rotatable bonds is 2. The van der Waals surface area contributed by atoms with Gasteiger partial charge in [0.05, 0.1) is 17.1 Å². The van der Waals surface area contributed by atoms with Crippen molar-refractivity contribution in [3.05, 3.63) is 24.3 Å². The molecule has 0 aliphatic rings. The highest BCUT2D eigenvalue weighted by molar-refractivity contribution is 7.90. The van der Waals surface area contributed by atoms with Gasteiger partial charge in [0.15, 0.2) is 0 Å². The Bertz CT molecular complexity index is 680. The number of benzene rings is 1. The van der Waals surface area contributed by atoms with E-state index in [0.717, 1.165) is 6.26 Å². The third kappa shape index (κ3) is 1.66. The minimum atomic E-state index is -3.42. The van der Waals surface area contributed by atoms with E-state index in [4.69, 9.17) is 5.26 Å². The van der Waals surface area contributed by atoms with Gasteiger partial charge >= 0.3 is 0 Å². The van der Waals surface area contributed by atoms with E-state index in [1.807, 2.05) is 6.07 Å². The standard InChI is InChI=1S/C10H9N3O2S/c1-16(14,15)10-12-8-4-2-3-5-9(8)13(10)7-6-11/h2-5H,7H2,1H3. The predicted molar refractivity (Wildman–Crippen MR) is 58.5 cm³/mol. The molecule has 0 fully saturated rings. The Balaban J connectivity index is 2.85. The highest BCUT2D eigenvalue weighted by Crippen LogP contribution is 2.18. The molecule has 0 bridgehead atoms. The van der Waals surface area contributed by atoms with Crippen LogP contribution in [0.15, 0.2) is 29.4 Å². The predicted octanol–water partition coefficient (Wildman–Crippen LogP) is 0.963. The summed E-state index contributed by atoms with van der Waals surface area (Å²) >= 11 is 0. The first-order chi connectivity index (χ1) is 7.54. The first kappa shape index (κ1) is 10.6. The second-order valence-electron chi connectivity index (χ2n) is 3.40. The van der Waals surface area contributed by atoms with Crippen LogP contribution in [0, 0.1) is 11.3 Å². The zero-order chi connectivity index (χ0) is 11.8. The lowest BCUT2D eigenvalue weighted by Gasteiger charge is -2.01. The number of para-hydroxylation sites is 2. The van der Waals surface area contributed by atoms with Gasteiger partial charge < -0.3 is 4.57 Å². The average molecular weight is 235 g/mol. The van der Waals surface area contributed by atoms with Crippen LogP contribution in [0.25, 0.3) is 11.0 Å². The van der Waals surface area contributed by atoms with E-state index in [9.17, 15) is 8.42 Å². The highest BCUT2D eigenvalue weighted by atomic mass is 32.2. The molecule has 1 aromatic carbocycles. The molecule has 16 heavy (non-hydrogen) atoms. The summed E-state index contributed by atoms with van der Waals surface area (Å²) in [6, 6.07) is 8.96. The fourth-order valence-corrected chi connectivity index (χ4v) is 2.39. The van der Waals surface area contributed by atoms with E-state index in [1.54, 1.807) is 24.3 Å². The molecular weight excluding hydrogens is 226 g/mol. The van der Waals surface area contributed by atoms with Gasteiger partial charge in [-0.25, -0.2) is 13.4 Å². The maximum Gasteiger partial charge on any atom is 0.229 e. The van der Waals surface area contributed by atoms with Crippen molar-refractivity contribution in [1.29, 1.82) is 5.26 Å². The number of imidazole rings is 1. The molecular formula is C10H9N3O2S. The minimum Gasteiger partial charge on any atom is -0.301 e. The molecule has 0 saturated carbocycles. The van der Waals surface area contributed by atoms with Crippen molar-refractivity contribution < 1.29 is 8.42 Å². The van der Waals surface area contributed by atoms with Gasteiger partial charge in [-0.15, -0.1) is 0 Å². The number of sulfone groups is 1. The number of fused-ring (bicyclic) bond motifs is 1.